The maximum Gasteiger partial charge on any atom is 0.220 e. The molecule has 4 aromatic rings. The number of phenolic OH excluding ortho intramolecular Hbond substituents is 1. The van der Waals surface area contributed by atoms with Gasteiger partial charge in [0.25, 0.3) is 0 Å². The van der Waals surface area contributed by atoms with Crippen LogP contribution in [0.5, 0.6) is 11.6 Å². The number of halogens is 1. The molecule has 0 aliphatic heterocycles. The zero-order chi connectivity index (χ0) is 16.7. The summed E-state index contributed by atoms with van der Waals surface area (Å²) in [6.07, 6.45) is 3.25. The van der Waals surface area contributed by atoms with Crippen LogP contribution in [0.4, 0.5) is 4.39 Å². The van der Waals surface area contributed by atoms with Crippen molar-refractivity contribution in [3.05, 3.63) is 66.7 Å². The summed E-state index contributed by atoms with van der Waals surface area (Å²) >= 11 is 0. The number of aromatic hydroxyl groups is 2. The van der Waals surface area contributed by atoms with Crippen molar-refractivity contribution >= 4 is 5.52 Å². The number of pyridine rings is 2. The molecule has 0 unspecified atom stereocenters. The van der Waals surface area contributed by atoms with Gasteiger partial charge in [-0.3, -0.25) is 4.40 Å². The van der Waals surface area contributed by atoms with Gasteiger partial charge in [0.15, 0.2) is 0 Å². The third-order valence-electron chi connectivity index (χ3n) is 3.79. The van der Waals surface area contributed by atoms with E-state index < -0.39 is 5.82 Å². The number of imidazole rings is 1. The fraction of sp³-hybridized carbons (Fsp3) is 0. The second-order valence-corrected chi connectivity index (χ2v) is 5.28. The molecule has 0 spiro atoms. The van der Waals surface area contributed by atoms with Crippen molar-refractivity contribution < 1.29 is 14.6 Å². The first-order valence-corrected chi connectivity index (χ1v) is 7.25. The van der Waals surface area contributed by atoms with E-state index in [0.717, 1.165) is 0 Å². The van der Waals surface area contributed by atoms with Gasteiger partial charge < -0.3 is 10.2 Å². The normalized spacial score (nSPS) is 11.0. The van der Waals surface area contributed by atoms with E-state index in [2.05, 4.69) is 9.97 Å². The highest BCUT2D eigenvalue weighted by Crippen LogP contribution is 2.36. The highest BCUT2D eigenvalue weighted by Gasteiger charge is 2.18. The van der Waals surface area contributed by atoms with Gasteiger partial charge in [0.1, 0.15) is 23.1 Å². The summed E-state index contributed by atoms with van der Waals surface area (Å²) in [5, 5.41) is 20.1. The maximum atomic E-state index is 13.6. The minimum absolute atomic E-state index is 0.0749. The SMILES string of the molecule is Oc1ccc(F)cc1-c1nc(-c2cccnc2O)c2ccccn12. The third-order valence-corrected chi connectivity index (χ3v) is 3.79. The first kappa shape index (κ1) is 14.2. The lowest BCUT2D eigenvalue weighted by Gasteiger charge is -2.03. The Kier molecular flexibility index (Phi) is 3.16. The Morgan fingerprint density at radius 3 is 2.67 bits per heavy atom. The van der Waals surface area contributed by atoms with Crippen LogP contribution in [0.25, 0.3) is 28.2 Å². The van der Waals surface area contributed by atoms with Gasteiger partial charge in [-0.05, 0) is 42.5 Å². The van der Waals surface area contributed by atoms with Crippen LogP contribution in [0, 0.1) is 5.82 Å². The Morgan fingerprint density at radius 1 is 0.958 bits per heavy atom. The van der Waals surface area contributed by atoms with E-state index in [0.29, 0.717) is 22.6 Å². The number of rotatable bonds is 2. The lowest BCUT2D eigenvalue weighted by molar-refractivity contribution is 0.455. The van der Waals surface area contributed by atoms with Crippen LogP contribution < -0.4 is 0 Å². The Bertz CT molecular complexity index is 1060. The second kappa shape index (κ2) is 5.34. The predicted molar refractivity (Wildman–Crippen MR) is 87.1 cm³/mol. The van der Waals surface area contributed by atoms with E-state index in [4.69, 9.17) is 0 Å². The highest BCUT2D eigenvalue weighted by atomic mass is 19.1. The highest BCUT2D eigenvalue weighted by molar-refractivity contribution is 5.84. The Morgan fingerprint density at radius 2 is 1.83 bits per heavy atom. The molecule has 6 heteroatoms. The molecule has 0 aliphatic carbocycles. The van der Waals surface area contributed by atoms with E-state index in [1.165, 1.54) is 24.4 Å². The average molecular weight is 321 g/mol. The van der Waals surface area contributed by atoms with Crippen LogP contribution in [0.15, 0.2) is 60.9 Å². The van der Waals surface area contributed by atoms with Crippen molar-refractivity contribution in [2.45, 2.75) is 0 Å². The van der Waals surface area contributed by atoms with Crippen LogP contribution in [-0.2, 0) is 0 Å². The summed E-state index contributed by atoms with van der Waals surface area (Å²) in [6.45, 7) is 0. The number of hydrogen-bond acceptors (Lipinski definition) is 4. The quantitative estimate of drug-likeness (QED) is 0.591. The molecule has 24 heavy (non-hydrogen) atoms. The van der Waals surface area contributed by atoms with Gasteiger partial charge in [-0.2, -0.15) is 0 Å². The predicted octanol–water partition coefficient (Wildman–Crippen LogP) is 3.61. The summed E-state index contributed by atoms with van der Waals surface area (Å²) in [4.78, 5) is 8.40. The standard InChI is InChI=1S/C18H12FN3O2/c19-11-6-7-15(23)13(10-11)17-21-16(12-4-3-8-20-18(12)24)14-5-1-2-9-22(14)17/h1-10,23H,(H,20,24). The van der Waals surface area contributed by atoms with Gasteiger partial charge >= 0.3 is 0 Å². The second-order valence-electron chi connectivity index (χ2n) is 5.28. The first-order chi connectivity index (χ1) is 11.6. The lowest BCUT2D eigenvalue weighted by atomic mass is 10.2. The number of fused-ring (bicyclic) bond motifs is 1. The van der Waals surface area contributed by atoms with Crippen molar-refractivity contribution in [2.75, 3.05) is 0 Å². The number of phenols is 1. The zero-order valence-corrected chi connectivity index (χ0v) is 12.4. The van der Waals surface area contributed by atoms with Crippen molar-refractivity contribution in [1.29, 1.82) is 0 Å². The number of hydrogen-bond donors (Lipinski definition) is 2. The molecule has 118 valence electrons. The van der Waals surface area contributed by atoms with Crippen LogP contribution in [0.2, 0.25) is 0 Å². The molecule has 3 aromatic heterocycles. The van der Waals surface area contributed by atoms with Gasteiger partial charge in [0.05, 0.1) is 16.6 Å². The molecule has 0 fully saturated rings. The van der Waals surface area contributed by atoms with Gasteiger partial charge in [-0.15, -0.1) is 0 Å². The molecule has 5 nitrogen and oxygen atoms in total. The average Bonchev–Trinajstić information content (AvgIpc) is 2.97. The summed E-state index contributed by atoms with van der Waals surface area (Å²) < 4.78 is 15.4. The van der Waals surface area contributed by atoms with Crippen LogP contribution in [-0.4, -0.2) is 24.6 Å². The molecule has 4 rings (SSSR count). The third kappa shape index (κ3) is 2.16. The summed E-state index contributed by atoms with van der Waals surface area (Å²) in [7, 11) is 0. The monoisotopic (exact) mass is 321 g/mol. The van der Waals surface area contributed by atoms with E-state index in [1.807, 2.05) is 12.1 Å². The summed E-state index contributed by atoms with van der Waals surface area (Å²) in [5.41, 5.74) is 1.94. The van der Waals surface area contributed by atoms with Crippen molar-refractivity contribution in [3.63, 3.8) is 0 Å². The van der Waals surface area contributed by atoms with E-state index >= 15 is 0 Å². The largest absolute Gasteiger partial charge is 0.507 e. The molecule has 0 atom stereocenters. The van der Waals surface area contributed by atoms with Crippen LogP contribution >= 0.6 is 0 Å². The zero-order valence-electron chi connectivity index (χ0n) is 12.4. The molecule has 0 bridgehead atoms. The molecule has 2 N–H and O–H groups in total. The Labute approximate surface area is 136 Å². The van der Waals surface area contributed by atoms with Crippen LogP contribution in [0.1, 0.15) is 0 Å². The number of aromatic nitrogens is 3. The summed E-state index contributed by atoms with van der Waals surface area (Å²) in [5.74, 6) is -0.312. The fourth-order valence-electron chi connectivity index (χ4n) is 2.70. The van der Waals surface area contributed by atoms with E-state index in [9.17, 15) is 14.6 Å². The number of benzene rings is 1. The molecule has 0 saturated carbocycles. The Hall–Kier alpha value is -3.41. The topological polar surface area (TPSA) is 70.7 Å². The molecule has 1 aromatic carbocycles. The minimum Gasteiger partial charge on any atom is -0.507 e. The van der Waals surface area contributed by atoms with E-state index in [1.54, 1.807) is 28.8 Å². The van der Waals surface area contributed by atoms with Crippen molar-refractivity contribution in [3.8, 4) is 34.3 Å². The first-order valence-electron chi connectivity index (χ1n) is 7.25. The van der Waals surface area contributed by atoms with Gasteiger partial charge in [0.2, 0.25) is 5.88 Å². The molecule has 0 radical (unpaired) electrons. The van der Waals surface area contributed by atoms with E-state index in [-0.39, 0.29) is 17.2 Å². The molecular weight excluding hydrogens is 309 g/mol. The van der Waals surface area contributed by atoms with Gasteiger partial charge in [0, 0.05) is 12.4 Å². The molecule has 3 heterocycles. The van der Waals surface area contributed by atoms with Gasteiger partial charge in [-0.25, -0.2) is 14.4 Å². The molecule has 0 amide bonds. The molecule has 0 saturated heterocycles. The lowest BCUT2D eigenvalue weighted by Crippen LogP contribution is -1.90. The fourth-order valence-corrected chi connectivity index (χ4v) is 2.70. The van der Waals surface area contributed by atoms with Crippen molar-refractivity contribution in [1.82, 2.24) is 14.4 Å². The van der Waals surface area contributed by atoms with Crippen LogP contribution in [0.3, 0.4) is 0 Å². The minimum atomic E-state index is -0.471. The number of nitrogens with zero attached hydrogens (tertiary/aromatic N) is 3. The smallest absolute Gasteiger partial charge is 0.220 e. The maximum absolute atomic E-state index is 13.6. The summed E-state index contributed by atoms with van der Waals surface area (Å²) in [6, 6.07) is 12.6. The molecular formula is C18H12FN3O2. The Balaban J connectivity index is 2.06. The van der Waals surface area contributed by atoms with Gasteiger partial charge in [-0.1, -0.05) is 6.07 Å². The van der Waals surface area contributed by atoms with Crippen molar-refractivity contribution in [2.24, 2.45) is 0 Å². The molecule has 0 aliphatic rings.